The molecule has 1 saturated carbocycles. The summed E-state index contributed by atoms with van der Waals surface area (Å²) in [6.07, 6.45) is 2.93. The molecular weight excluding hydrogens is 459 g/mol. The average Bonchev–Trinajstić information content (AvgIpc) is 3.52. The lowest BCUT2D eigenvalue weighted by Crippen LogP contribution is -2.28. The minimum Gasteiger partial charge on any atom is -0.481 e. The van der Waals surface area contributed by atoms with Gasteiger partial charge in [-0.25, -0.2) is 13.2 Å². The van der Waals surface area contributed by atoms with Crippen molar-refractivity contribution in [2.45, 2.75) is 44.4 Å². The van der Waals surface area contributed by atoms with Gasteiger partial charge in [-0.2, -0.15) is 5.10 Å². The van der Waals surface area contributed by atoms with Crippen LogP contribution in [-0.2, 0) is 14.9 Å². The number of halogens is 3. The van der Waals surface area contributed by atoms with Gasteiger partial charge >= 0.3 is 5.97 Å². The van der Waals surface area contributed by atoms with Crippen LogP contribution in [0.5, 0.6) is 0 Å². The van der Waals surface area contributed by atoms with Gasteiger partial charge < -0.3 is 14.4 Å². The van der Waals surface area contributed by atoms with Gasteiger partial charge in [-0.1, -0.05) is 13.8 Å². The average molecular weight is 486 g/mol. The van der Waals surface area contributed by atoms with Crippen LogP contribution in [0.3, 0.4) is 0 Å². The molecule has 4 aromatic rings. The van der Waals surface area contributed by atoms with Crippen molar-refractivity contribution in [3.8, 4) is 5.69 Å². The second-order valence-corrected chi connectivity index (χ2v) is 9.98. The van der Waals surface area contributed by atoms with E-state index in [1.54, 1.807) is 17.7 Å². The SMILES string of the molecule is COCC(C)(C)c1c([C@@H]2CC[C@@H](C(=O)O)C2)c2c(F)c3[nH]ncc3cc2n1-c1ccc(F)c(F)c1. The largest absolute Gasteiger partial charge is 0.481 e. The number of carbonyl (C=O) groups is 1. The molecule has 184 valence electrons. The number of hydrogen-bond donors (Lipinski definition) is 2. The highest BCUT2D eigenvalue weighted by molar-refractivity contribution is 6.00. The first kappa shape index (κ1) is 23.4. The van der Waals surface area contributed by atoms with Crippen LogP contribution in [0.2, 0.25) is 0 Å². The molecule has 1 aliphatic rings. The number of nitrogens with one attached hydrogen (secondary N) is 1. The minimum atomic E-state index is -1.02. The van der Waals surface area contributed by atoms with Gasteiger partial charge in [-0.15, -0.1) is 0 Å². The Morgan fingerprint density at radius 1 is 1.23 bits per heavy atom. The fourth-order valence-electron chi connectivity index (χ4n) is 5.68. The molecule has 0 saturated heterocycles. The monoisotopic (exact) mass is 485 g/mol. The zero-order valence-electron chi connectivity index (χ0n) is 19.7. The molecule has 2 aromatic carbocycles. The second-order valence-electron chi connectivity index (χ2n) is 9.98. The number of H-pyrrole nitrogens is 1. The lowest BCUT2D eigenvalue weighted by molar-refractivity contribution is -0.141. The van der Waals surface area contributed by atoms with Crippen LogP contribution in [0, 0.1) is 23.4 Å². The van der Waals surface area contributed by atoms with Crippen molar-refractivity contribution in [1.82, 2.24) is 14.8 Å². The van der Waals surface area contributed by atoms with Crippen LogP contribution in [0.25, 0.3) is 27.5 Å². The van der Waals surface area contributed by atoms with Crippen LogP contribution >= 0.6 is 0 Å². The van der Waals surface area contributed by atoms with Crippen molar-refractivity contribution in [2.24, 2.45) is 5.92 Å². The van der Waals surface area contributed by atoms with Gasteiger partial charge in [0.25, 0.3) is 0 Å². The molecule has 2 heterocycles. The van der Waals surface area contributed by atoms with Gasteiger partial charge in [0.15, 0.2) is 17.5 Å². The third kappa shape index (κ3) is 3.69. The normalized spacial score (nSPS) is 18.7. The Labute approximate surface area is 199 Å². The van der Waals surface area contributed by atoms with E-state index in [2.05, 4.69) is 10.2 Å². The number of aromatic amines is 1. The van der Waals surface area contributed by atoms with E-state index in [4.69, 9.17) is 4.74 Å². The standard InChI is InChI=1S/C26H26F3N3O3/c1-26(2,12-35-3)24-20(13-4-5-14(8-13)25(33)34)21-19(9-15-11-30-31-23(15)22(21)29)32(24)16-6-7-17(27)18(28)10-16/h6-7,9-11,13-14H,4-5,8,12H2,1-3H3,(H,30,31)(H,33,34)/t13-,14-/m1/s1. The van der Waals surface area contributed by atoms with Crippen molar-refractivity contribution in [2.75, 3.05) is 13.7 Å². The summed E-state index contributed by atoms with van der Waals surface area (Å²) in [4.78, 5) is 11.7. The maximum atomic E-state index is 16.1. The smallest absolute Gasteiger partial charge is 0.306 e. The second kappa shape index (κ2) is 8.41. The van der Waals surface area contributed by atoms with Gasteiger partial charge in [0.1, 0.15) is 5.52 Å². The molecule has 2 aromatic heterocycles. The first-order chi connectivity index (χ1) is 16.6. The number of nitrogens with zero attached hydrogens (tertiary/aromatic N) is 2. The van der Waals surface area contributed by atoms with E-state index in [9.17, 15) is 18.7 Å². The minimum absolute atomic E-state index is 0.230. The Morgan fingerprint density at radius 3 is 2.66 bits per heavy atom. The number of carboxylic acids is 1. The number of aliphatic carboxylic acids is 1. The molecule has 0 aliphatic heterocycles. The summed E-state index contributed by atoms with van der Waals surface area (Å²) in [7, 11) is 1.57. The highest BCUT2D eigenvalue weighted by atomic mass is 19.2. The molecule has 0 spiro atoms. The Hall–Kier alpha value is -3.33. The van der Waals surface area contributed by atoms with E-state index in [-0.39, 0.29) is 18.0 Å². The number of carboxylic acid groups (broad SMARTS) is 1. The fourth-order valence-corrected chi connectivity index (χ4v) is 5.68. The molecule has 0 amide bonds. The summed E-state index contributed by atoms with van der Waals surface area (Å²) in [6.45, 7) is 4.16. The van der Waals surface area contributed by atoms with Gasteiger partial charge in [-0.3, -0.25) is 9.89 Å². The molecular formula is C26H26F3N3O3. The van der Waals surface area contributed by atoms with Gasteiger partial charge in [0.05, 0.1) is 24.2 Å². The van der Waals surface area contributed by atoms with E-state index in [1.807, 2.05) is 13.8 Å². The van der Waals surface area contributed by atoms with Crippen molar-refractivity contribution >= 4 is 27.8 Å². The zero-order valence-corrected chi connectivity index (χ0v) is 19.7. The Morgan fingerprint density at radius 2 is 2.00 bits per heavy atom. The van der Waals surface area contributed by atoms with Crippen LogP contribution < -0.4 is 0 Å². The van der Waals surface area contributed by atoms with Crippen LogP contribution in [0.15, 0.2) is 30.5 Å². The van der Waals surface area contributed by atoms with Crippen molar-refractivity contribution < 1.29 is 27.8 Å². The van der Waals surface area contributed by atoms with Crippen LogP contribution in [0.4, 0.5) is 13.2 Å². The van der Waals surface area contributed by atoms with E-state index in [0.717, 1.165) is 12.1 Å². The topological polar surface area (TPSA) is 80.1 Å². The number of hydrogen-bond acceptors (Lipinski definition) is 3. The van der Waals surface area contributed by atoms with Gasteiger partial charge in [-0.05, 0) is 48.9 Å². The molecule has 1 aliphatic carbocycles. The van der Waals surface area contributed by atoms with E-state index >= 15 is 4.39 Å². The summed E-state index contributed by atoms with van der Waals surface area (Å²) >= 11 is 0. The number of ether oxygens (including phenoxy) is 1. The van der Waals surface area contributed by atoms with Crippen molar-refractivity contribution in [3.63, 3.8) is 0 Å². The van der Waals surface area contributed by atoms with Crippen LogP contribution in [-0.4, -0.2) is 39.6 Å². The number of rotatable bonds is 6. The Bertz CT molecular complexity index is 1460. The third-order valence-corrected chi connectivity index (χ3v) is 7.14. The van der Waals surface area contributed by atoms with Crippen molar-refractivity contribution in [3.05, 3.63) is 59.2 Å². The molecule has 0 bridgehead atoms. The molecule has 9 heteroatoms. The van der Waals surface area contributed by atoms with E-state index in [1.165, 1.54) is 12.3 Å². The van der Waals surface area contributed by atoms with Crippen LogP contribution in [0.1, 0.15) is 50.3 Å². The maximum Gasteiger partial charge on any atom is 0.306 e. The summed E-state index contributed by atoms with van der Waals surface area (Å²) in [6, 6.07) is 5.38. The number of benzene rings is 2. The zero-order chi connectivity index (χ0) is 25.1. The third-order valence-electron chi connectivity index (χ3n) is 7.14. The first-order valence-electron chi connectivity index (χ1n) is 11.5. The molecule has 2 N–H and O–H groups in total. The first-order valence-corrected chi connectivity index (χ1v) is 11.5. The van der Waals surface area contributed by atoms with E-state index in [0.29, 0.717) is 52.5 Å². The highest BCUT2D eigenvalue weighted by Crippen LogP contribution is 2.49. The van der Waals surface area contributed by atoms with Crippen molar-refractivity contribution in [1.29, 1.82) is 0 Å². The molecule has 1 fully saturated rings. The molecule has 35 heavy (non-hydrogen) atoms. The van der Waals surface area contributed by atoms with Gasteiger partial charge in [0, 0.05) is 40.7 Å². The lowest BCUT2D eigenvalue weighted by Gasteiger charge is -2.29. The predicted molar refractivity (Wildman–Crippen MR) is 125 cm³/mol. The Balaban J connectivity index is 1.92. The molecule has 0 radical (unpaired) electrons. The summed E-state index contributed by atoms with van der Waals surface area (Å²) < 4.78 is 51.7. The summed E-state index contributed by atoms with van der Waals surface area (Å²) in [5.41, 5.74) is 1.77. The number of aromatic nitrogens is 3. The molecule has 0 unspecified atom stereocenters. The lowest BCUT2D eigenvalue weighted by atomic mass is 9.82. The predicted octanol–water partition coefficient (Wildman–Crippen LogP) is 5.82. The summed E-state index contributed by atoms with van der Waals surface area (Å²) in [5.74, 6) is -4.12. The number of fused-ring (bicyclic) bond motifs is 2. The summed E-state index contributed by atoms with van der Waals surface area (Å²) in [5, 5.41) is 17.2. The Kier molecular flexibility index (Phi) is 5.62. The number of methoxy groups -OCH3 is 1. The van der Waals surface area contributed by atoms with Gasteiger partial charge in [0.2, 0.25) is 0 Å². The molecule has 6 nitrogen and oxygen atoms in total. The fraction of sp³-hybridized carbons (Fsp3) is 0.385. The maximum absolute atomic E-state index is 16.1. The molecule has 2 atom stereocenters. The van der Waals surface area contributed by atoms with E-state index < -0.39 is 34.8 Å². The quantitative estimate of drug-likeness (QED) is 0.361. The molecule has 5 rings (SSSR count). The highest BCUT2D eigenvalue weighted by Gasteiger charge is 2.40.